The van der Waals surface area contributed by atoms with Gasteiger partial charge in [0.15, 0.2) is 23.3 Å². The van der Waals surface area contributed by atoms with E-state index in [2.05, 4.69) is 26.6 Å². The van der Waals surface area contributed by atoms with Crippen molar-refractivity contribution < 1.29 is 26.7 Å². The summed E-state index contributed by atoms with van der Waals surface area (Å²) in [7, 11) is 0. The second-order valence-electron chi connectivity index (χ2n) is 8.82. The molecule has 1 saturated carbocycles. The average Bonchev–Trinajstić information content (AvgIpc) is 3.28. The molecule has 0 unspecified atom stereocenters. The van der Waals surface area contributed by atoms with Crippen molar-refractivity contribution in [2.75, 3.05) is 0 Å². The van der Waals surface area contributed by atoms with Gasteiger partial charge in [0.1, 0.15) is 5.75 Å². The van der Waals surface area contributed by atoms with Crippen molar-refractivity contribution in [3.8, 4) is 17.1 Å². The quantitative estimate of drug-likeness (QED) is 0.207. The number of rotatable bonds is 5. The summed E-state index contributed by atoms with van der Waals surface area (Å²) in [6.45, 7) is 2.27. The molecule has 0 spiro atoms. The van der Waals surface area contributed by atoms with Crippen LogP contribution in [0.1, 0.15) is 49.1 Å². The van der Waals surface area contributed by atoms with Crippen LogP contribution in [-0.4, -0.2) is 15.0 Å². The fraction of sp³-hybridized carbons (Fsp3) is 0.320. The molecule has 4 aromatic rings. The Hall–Kier alpha value is -3.14. The average molecular weight is 506 g/mol. The minimum Gasteiger partial charge on any atom is -0.427 e. The third kappa shape index (κ3) is 4.84. The van der Waals surface area contributed by atoms with Crippen molar-refractivity contribution >= 4 is 21.6 Å². The Kier molecular flexibility index (Phi) is 6.16. The van der Waals surface area contributed by atoms with E-state index in [4.69, 9.17) is 0 Å². The first-order valence-electron chi connectivity index (χ1n) is 11.1. The summed E-state index contributed by atoms with van der Waals surface area (Å²) in [5, 5.41) is -0.711. The van der Waals surface area contributed by atoms with Crippen LogP contribution in [0.15, 0.2) is 42.7 Å². The minimum atomic E-state index is -3.99. The molecule has 10 heteroatoms. The van der Waals surface area contributed by atoms with Crippen LogP contribution in [0.3, 0.4) is 0 Å². The van der Waals surface area contributed by atoms with Crippen molar-refractivity contribution in [1.29, 1.82) is 0 Å². The molecule has 1 fully saturated rings. The number of aromatic nitrogens is 3. The zero-order valence-electron chi connectivity index (χ0n) is 18.6. The van der Waals surface area contributed by atoms with E-state index in [-0.39, 0.29) is 0 Å². The van der Waals surface area contributed by atoms with Gasteiger partial charge in [-0.1, -0.05) is 19.8 Å². The summed E-state index contributed by atoms with van der Waals surface area (Å²) < 4.78 is 74.1. The highest BCUT2D eigenvalue weighted by Crippen LogP contribution is 2.38. The molecule has 0 radical (unpaired) electrons. The lowest BCUT2D eigenvalue weighted by Crippen LogP contribution is -2.21. The smallest absolute Gasteiger partial charge is 0.427 e. The molecule has 2 heterocycles. The third-order valence-electron chi connectivity index (χ3n) is 6.26. The highest BCUT2D eigenvalue weighted by molar-refractivity contribution is 7.18. The summed E-state index contributed by atoms with van der Waals surface area (Å²) in [4.78, 5) is 12.9. The van der Waals surface area contributed by atoms with E-state index < -0.39 is 34.3 Å². The highest BCUT2D eigenvalue weighted by Gasteiger charge is 2.39. The van der Waals surface area contributed by atoms with Gasteiger partial charge in [0.2, 0.25) is 5.01 Å². The Labute approximate surface area is 201 Å². The molecule has 0 saturated heterocycles. The van der Waals surface area contributed by atoms with E-state index in [1.807, 2.05) is 12.4 Å². The molecule has 0 aliphatic heterocycles. The molecule has 182 valence electrons. The van der Waals surface area contributed by atoms with Gasteiger partial charge in [-0.05, 0) is 48.4 Å². The van der Waals surface area contributed by atoms with Crippen LogP contribution in [0.25, 0.3) is 21.6 Å². The van der Waals surface area contributed by atoms with Gasteiger partial charge < -0.3 is 4.74 Å². The molecule has 5 rings (SSSR count). The van der Waals surface area contributed by atoms with Crippen molar-refractivity contribution in [3.05, 3.63) is 70.7 Å². The van der Waals surface area contributed by atoms with Crippen molar-refractivity contribution in [2.45, 2.75) is 44.6 Å². The van der Waals surface area contributed by atoms with Crippen molar-refractivity contribution in [1.82, 2.24) is 15.0 Å². The van der Waals surface area contributed by atoms with Crippen LogP contribution in [0.5, 0.6) is 5.75 Å². The van der Waals surface area contributed by atoms with Gasteiger partial charge in [0.05, 0.1) is 10.2 Å². The molecule has 2 aromatic heterocycles. The van der Waals surface area contributed by atoms with Crippen molar-refractivity contribution in [3.63, 3.8) is 0 Å². The van der Waals surface area contributed by atoms with Gasteiger partial charge >= 0.3 is 6.11 Å². The van der Waals surface area contributed by atoms with E-state index in [0.717, 1.165) is 24.3 Å². The number of benzene rings is 2. The topological polar surface area (TPSA) is 47.9 Å². The predicted molar refractivity (Wildman–Crippen MR) is 122 cm³/mol. The maximum absolute atomic E-state index is 14.7. The van der Waals surface area contributed by atoms with E-state index in [0.29, 0.717) is 51.0 Å². The van der Waals surface area contributed by atoms with E-state index in [1.165, 1.54) is 12.8 Å². The lowest BCUT2D eigenvalue weighted by atomic mass is 9.80. The third-order valence-corrected chi connectivity index (χ3v) is 7.33. The Balaban J connectivity index is 1.37. The Morgan fingerprint density at radius 3 is 2.26 bits per heavy atom. The molecular formula is C25H20F5N3OS. The molecule has 2 aromatic carbocycles. The fourth-order valence-electron chi connectivity index (χ4n) is 4.26. The van der Waals surface area contributed by atoms with Crippen LogP contribution < -0.4 is 4.74 Å². The predicted octanol–water partition coefficient (Wildman–Crippen LogP) is 7.59. The number of hydrogen-bond donors (Lipinski definition) is 0. The molecule has 0 N–H and O–H groups in total. The maximum atomic E-state index is 14.7. The molecular weight excluding hydrogens is 485 g/mol. The number of ether oxygens (including phenoxy) is 1. The van der Waals surface area contributed by atoms with Gasteiger partial charge in [0.25, 0.3) is 0 Å². The van der Waals surface area contributed by atoms with Crippen LogP contribution in [0.2, 0.25) is 0 Å². The SMILES string of the molecule is CC1CCC(c2cnc(-c3ccc4nc(C(F)(F)Oc5cc(F)c(F)c(F)c5)sc4c3)nc2)CC1. The molecule has 0 atom stereocenters. The van der Waals surface area contributed by atoms with Crippen LogP contribution in [0, 0.1) is 23.4 Å². The van der Waals surface area contributed by atoms with E-state index in [9.17, 15) is 22.0 Å². The van der Waals surface area contributed by atoms with Gasteiger partial charge in [-0.2, -0.15) is 8.78 Å². The number of alkyl halides is 2. The minimum absolute atomic E-state index is 0.293. The maximum Gasteiger partial charge on any atom is 0.454 e. The van der Waals surface area contributed by atoms with E-state index in [1.54, 1.807) is 18.2 Å². The van der Waals surface area contributed by atoms with Gasteiger partial charge in [-0.3, -0.25) is 0 Å². The zero-order chi connectivity index (χ0) is 24.7. The van der Waals surface area contributed by atoms with Crippen LogP contribution >= 0.6 is 11.3 Å². The Bertz CT molecular complexity index is 1340. The first-order chi connectivity index (χ1) is 16.7. The molecule has 1 aliphatic carbocycles. The number of nitrogens with zero attached hydrogens (tertiary/aromatic N) is 3. The van der Waals surface area contributed by atoms with Gasteiger partial charge in [-0.25, -0.2) is 28.1 Å². The number of hydrogen-bond acceptors (Lipinski definition) is 5. The summed E-state index contributed by atoms with van der Waals surface area (Å²) in [5.41, 5.74) is 2.04. The summed E-state index contributed by atoms with van der Waals surface area (Å²) in [6, 6.07) is 5.62. The summed E-state index contributed by atoms with van der Waals surface area (Å²) in [6.07, 6.45) is 4.28. The fourth-order valence-corrected chi connectivity index (χ4v) is 5.18. The summed E-state index contributed by atoms with van der Waals surface area (Å²) in [5.74, 6) is -4.21. The molecule has 1 aliphatic rings. The highest BCUT2D eigenvalue weighted by atomic mass is 32.1. The van der Waals surface area contributed by atoms with Gasteiger partial charge in [-0.15, -0.1) is 11.3 Å². The van der Waals surface area contributed by atoms with E-state index >= 15 is 0 Å². The molecule has 0 amide bonds. The lowest BCUT2D eigenvalue weighted by Gasteiger charge is -2.25. The number of halogens is 5. The Morgan fingerprint density at radius 2 is 1.60 bits per heavy atom. The van der Waals surface area contributed by atoms with Crippen molar-refractivity contribution in [2.24, 2.45) is 5.92 Å². The monoisotopic (exact) mass is 505 g/mol. The normalized spacial score (nSPS) is 18.7. The number of thiazole rings is 1. The van der Waals surface area contributed by atoms with Crippen LogP contribution in [-0.2, 0) is 6.11 Å². The molecule has 4 nitrogen and oxygen atoms in total. The second kappa shape index (κ2) is 9.14. The zero-order valence-corrected chi connectivity index (χ0v) is 19.4. The summed E-state index contributed by atoms with van der Waals surface area (Å²) >= 11 is 0.667. The first-order valence-corrected chi connectivity index (χ1v) is 12.0. The molecule has 0 bridgehead atoms. The first kappa shape index (κ1) is 23.6. The second-order valence-corrected chi connectivity index (χ2v) is 9.85. The largest absolute Gasteiger partial charge is 0.454 e. The Morgan fingerprint density at radius 1 is 0.943 bits per heavy atom. The number of fused-ring (bicyclic) bond motifs is 1. The van der Waals surface area contributed by atoms with Gasteiger partial charge in [0, 0.05) is 30.1 Å². The molecule has 35 heavy (non-hydrogen) atoms. The van der Waals surface area contributed by atoms with Crippen LogP contribution in [0.4, 0.5) is 22.0 Å². The lowest BCUT2D eigenvalue weighted by molar-refractivity contribution is -0.185. The standard InChI is InChI=1S/C25H20F5N3OS/c1-13-2-4-14(5-3-13)16-11-31-23(32-12-16)15-6-7-20-21(8-15)35-24(33-20)25(29,30)34-17-9-18(26)22(28)19(27)10-17/h6-14H,2-5H2,1H3.